The maximum atomic E-state index is 10.4. The Hall–Kier alpha value is -1.08. The van der Waals surface area contributed by atoms with Gasteiger partial charge in [0.05, 0.1) is 15.7 Å². The number of anilines is 1. The van der Waals surface area contributed by atoms with Crippen LogP contribution in [0.25, 0.3) is 5.65 Å². The molecule has 1 fully saturated rings. The molecule has 1 aliphatic heterocycles. The molecular weight excluding hydrogens is 389 g/mol. The van der Waals surface area contributed by atoms with E-state index < -0.39 is 21.4 Å². The summed E-state index contributed by atoms with van der Waals surface area (Å²) in [5.41, 5.74) is 17.4. The number of imidazole rings is 1. The van der Waals surface area contributed by atoms with Gasteiger partial charge in [0, 0.05) is 6.54 Å². The zero-order valence-corrected chi connectivity index (χ0v) is 13.4. The number of alkyl halides is 1. The summed E-state index contributed by atoms with van der Waals surface area (Å²) in [6.45, 7) is 1.96. The molecule has 114 valence electrons. The number of rotatable bonds is 2. The zero-order valence-electron chi connectivity index (χ0n) is 11.3. The number of ether oxygens (including phenoxy) is 1. The average Bonchev–Trinajstić information content (AvgIpc) is 2.95. The Kier molecular flexibility index (Phi) is 3.33. The lowest BCUT2D eigenvalue weighted by Crippen LogP contribution is -2.54. The second kappa shape index (κ2) is 4.71. The van der Waals surface area contributed by atoms with Crippen molar-refractivity contribution in [2.75, 3.05) is 12.3 Å². The fourth-order valence-corrected chi connectivity index (χ4v) is 3.37. The number of halogens is 1. The molecule has 1 saturated heterocycles. The first-order valence-corrected chi connectivity index (χ1v) is 7.39. The van der Waals surface area contributed by atoms with Gasteiger partial charge in [0.2, 0.25) is 0 Å². The Morgan fingerprint density at radius 3 is 2.86 bits per heavy atom. The van der Waals surface area contributed by atoms with Gasteiger partial charge in [-0.05, 0) is 6.92 Å². The third-order valence-corrected chi connectivity index (χ3v) is 5.35. The molecule has 10 heteroatoms. The number of hydrogen-bond donors (Lipinski definition) is 4. The van der Waals surface area contributed by atoms with Gasteiger partial charge in [0.15, 0.2) is 17.2 Å². The van der Waals surface area contributed by atoms with E-state index in [1.807, 2.05) is 0 Å². The van der Waals surface area contributed by atoms with Gasteiger partial charge in [-0.1, -0.05) is 22.6 Å². The molecule has 0 amide bonds. The Morgan fingerprint density at radius 2 is 2.24 bits per heavy atom. The van der Waals surface area contributed by atoms with E-state index in [2.05, 4.69) is 37.7 Å². The summed E-state index contributed by atoms with van der Waals surface area (Å²) in [6, 6.07) is 0. The second-order valence-electron chi connectivity index (χ2n) is 5.17. The molecule has 0 saturated carbocycles. The van der Waals surface area contributed by atoms with Gasteiger partial charge in [0.1, 0.15) is 18.1 Å². The van der Waals surface area contributed by atoms with Crippen LogP contribution in [0.1, 0.15) is 12.6 Å². The summed E-state index contributed by atoms with van der Waals surface area (Å²) in [5.74, 6) is 0.240. The number of aromatic nitrogens is 4. The number of nitrogens with two attached hydrogens (primary N) is 3. The Balaban J connectivity index is 2.19. The van der Waals surface area contributed by atoms with E-state index in [4.69, 9.17) is 21.9 Å². The van der Waals surface area contributed by atoms with E-state index in [1.54, 1.807) is 6.92 Å². The van der Waals surface area contributed by atoms with Gasteiger partial charge in [-0.3, -0.25) is 5.73 Å². The standard InChI is InChI=1S/C11H16IN7O2/c1-10(12)7(20)5(2-13)21-11(10,15)6-3-16-9-8(14)17-4-18-19(6)9/h3-5,7,20H,2,13,15H2,1H3,(H2,14,17,18)/t5-,7-,10-,11+/m1/s1. The van der Waals surface area contributed by atoms with E-state index in [0.29, 0.717) is 11.3 Å². The predicted molar refractivity (Wildman–Crippen MR) is 83.4 cm³/mol. The van der Waals surface area contributed by atoms with Crippen molar-refractivity contribution in [1.82, 2.24) is 19.6 Å². The maximum Gasteiger partial charge on any atom is 0.196 e. The van der Waals surface area contributed by atoms with Crippen molar-refractivity contribution in [2.24, 2.45) is 11.5 Å². The van der Waals surface area contributed by atoms with Crippen LogP contribution < -0.4 is 17.2 Å². The summed E-state index contributed by atoms with van der Waals surface area (Å²) in [7, 11) is 0. The fourth-order valence-electron chi connectivity index (χ4n) is 2.56. The Bertz CT molecular complexity index is 690. The maximum absolute atomic E-state index is 10.4. The molecule has 0 radical (unpaired) electrons. The molecule has 0 spiro atoms. The van der Waals surface area contributed by atoms with Gasteiger partial charge >= 0.3 is 0 Å². The molecular formula is C11H16IN7O2. The van der Waals surface area contributed by atoms with Gasteiger partial charge in [-0.25, -0.2) is 14.5 Å². The minimum atomic E-state index is -1.31. The van der Waals surface area contributed by atoms with Crippen molar-refractivity contribution < 1.29 is 9.84 Å². The van der Waals surface area contributed by atoms with Crippen molar-refractivity contribution in [3.63, 3.8) is 0 Å². The summed E-state index contributed by atoms with van der Waals surface area (Å²) >= 11 is 2.08. The third kappa shape index (κ3) is 1.86. The lowest BCUT2D eigenvalue weighted by molar-refractivity contribution is -0.0554. The van der Waals surface area contributed by atoms with Crippen molar-refractivity contribution >= 4 is 34.1 Å². The molecule has 7 N–H and O–H groups in total. The van der Waals surface area contributed by atoms with E-state index in [9.17, 15) is 5.11 Å². The van der Waals surface area contributed by atoms with Gasteiger partial charge in [0.25, 0.3) is 0 Å². The van der Waals surface area contributed by atoms with Gasteiger partial charge < -0.3 is 21.3 Å². The minimum Gasteiger partial charge on any atom is -0.389 e. The molecule has 0 aliphatic carbocycles. The first kappa shape index (κ1) is 14.8. The van der Waals surface area contributed by atoms with Crippen LogP contribution in [0.5, 0.6) is 0 Å². The Morgan fingerprint density at radius 1 is 1.52 bits per heavy atom. The third-order valence-electron chi connectivity index (χ3n) is 3.91. The first-order chi connectivity index (χ1) is 9.83. The molecule has 2 aromatic rings. The number of aliphatic hydroxyl groups is 1. The van der Waals surface area contributed by atoms with Crippen molar-refractivity contribution in [2.45, 2.75) is 28.3 Å². The normalized spacial score (nSPS) is 36.4. The minimum absolute atomic E-state index is 0.159. The van der Waals surface area contributed by atoms with Crippen molar-refractivity contribution in [3.8, 4) is 0 Å². The van der Waals surface area contributed by atoms with Crippen LogP contribution in [0.2, 0.25) is 0 Å². The van der Waals surface area contributed by atoms with Crippen LogP contribution in [0.15, 0.2) is 12.5 Å². The first-order valence-electron chi connectivity index (χ1n) is 6.31. The van der Waals surface area contributed by atoms with E-state index in [-0.39, 0.29) is 12.4 Å². The molecule has 1 aliphatic rings. The highest BCUT2D eigenvalue weighted by Gasteiger charge is 2.61. The lowest BCUT2D eigenvalue weighted by Gasteiger charge is -2.34. The average molecular weight is 405 g/mol. The zero-order chi connectivity index (χ0) is 15.4. The van der Waals surface area contributed by atoms with Crippen LogP contribution in [0.3, 0.4) is 0 Å². The molecule has 21 heavy (non-hydrogen) atoms. The van der Waals surface area contributed by atoms with E-state index in [1.165, 1.54) is 17.0 Å². The molecule has 0 unspecified atom stereocenters. The molecule has 9 nitrogen and oxygen atoms in total. The van der Waals surface area contributed by atoms with E-state index >= 15 is 0 Å². The van der Waals surface area contributed by atoms with Gasteiger partial charge in [-0.15, -0.1) is 0 Å². The van der Waals surface area contributed by atoms with Crippen LogP contribution in [0, 0.1) is 0 Å². The number of hydrogen-bond acceptors (Lipinski definition) is 8. The lowest BCUT2D eigenvalue weighted by atomic mass is 9.91. The highest BCUT2D eigenvalue weighted by atomic mass is 127. The largest absolute Gasteiger partial charge is 0.389 e. The van der Waals surface area contributed by atoms with Crippen LogP contribution in [0.4, 0.5) is 5.82 Å². The molecule has 3 heterocycles. The fraction of sp³-hybridized carbons (Fsp3) is 0.545. The number of aliphatic hydroxyl groups excluding tert-OH is 1. The second-order valence-corrected chi connectivity index (χ2v) is 7.41. The summed E-state index contributed by atoms with van der Waals surface area (Å²) in [4.78, 5) is 8.07. The molecule has 2 aromatic heterocycles. The molecule has 3 rings (SSSR count). The van der Waals surface area contributed by atoms with Gasteiger partial charge in [-0.2, -0.15) is 5.10 Å². The monoisotopic (exact) mass is 405 g/mol. The SMILES string of the molecule is C[C@@]1(I)[C@H](O)[C@@H](CN)O[C@@]1(N)c1cnc2c(N)ncnn12. The summed E-state index contributed by atoms with van der Waals surface area (Å²) < 4.78 is 6.51. The number of fused-ring (bicyclic) bond motifs is 1. The number of nitrogen functional groups attached to an aromatic ring is 1. The molecule has 4 atom stereocenters. The topological polar surface area (TPSA) is 151 Å². The molecule has 0 aromatic carbocycles. The summed E-state index contributed by atoms with van der Waals surface area (Å²) in [5, 5.41) is 14.5. The highest BCUT2D eigenvalue weighted by Crippen LogP contribution is 2.48. The van der Waals surface area contributed by atoms with E-state index in [0.717, 1.165) is 0 Å². The quantitative estimate of drug-likeness (QED) is 0.357. The van der Waals surface area contributed by atoms with Crippen LogP contribution in [-0.2, 0) is 10.5 Å². The Labute approximate surface area is 134 Å². The van der Waals surface area contributed by atoms with Crippen LogP contribution >= 0.6 is 22.6 Å². The predicted octanol–water partition coefficient (Wildman–Crippen LogP) is -1.27. The molecule has 0 bridgehead atoms. The summed E-state index contributed by atoms with van der Waals surface area (Å²) in [6.07, 6.45) is 1.45. The van der Waals surface area contributed by atoms with Crippen LogP contribution in [-0.4, -0.2) is 46.9 Å². The smallest absolute Gasteiger partial charge is 0.196 e. The van der Waals surface area contributed by atoms with Crippen molar-refractivity contribution in [3.05, 3.63) is 18.2 Å². The highest BCUT2D eigenvalue weighted by molar-refractivity contribution is 14.1. The van der Waals surface area contributed by atoms with Crippen molar-refractivity contribution in [1.29, 1.82) is 0 Å². The number of nitrogens with zero attached hydrogens (tertiary/aromatic N) is 4.